The molecule has 140 valence electrons. The van der Waals surface area contributed by atoms with E-state index in [9.17, 15) is 9.59 Å². The van der Waals surface area contributed by atoms with E-state index in [1.807, 2.05) is 6.21 Å². The quantitative estimate of drug-likeness (QED) is 0.414. The monoisotopic (exact) mass is 349 g/mol. The lowest BCUT2D eigenvalue weighted by Crippen LogP contribution is -2.36. The maximum Gasteiger partial charge on any atom is 0.246 e. The minimum absolute atomic E-state index is 0.0323. The fourth-order valence-electron chi connectivity index (χ4n) is 5.17. The number of nitrogens with zero attached hydrogens (tertiary/aromatic N) is 1. The van der Waals surface area contributed by atoms with Crippen LogP contribution in [0.15, 0.2) is 5.10 Å². The average Bonchev–Trinajstić information content (AvgIpc) is 2.67. The molecule has 3 aliphatic rings. The highest BCUT2D eigenvalue weighted by Crippen LogP contribution is 2.43. The Morgan fingerprint density at radius 3 is 2.20 bits per heavy atom. The van der Waals surface area contributed by atoms with E-state index in [4.69, 9.17) is 5.21 Å². The van der Waals surface area contributed by atoms with Crippen LogP contribution in [0.2, 0.25) is 0 Å². The summed E-state index contributed by atoms with van der Waals surface area (Å²) in [5, 5.41) is 13.0. The number of fused-ring (bicyclic) bond motifs is 1. The van der Waals surface area contributed by atoms with Gasteiger partial charge in [0.15, 0.2) is 0 Å². The Bertz CT molecular complexity index is 498. The highest BCUT2D eigenvalue weighted by atomic mass is 16.5. The summed E-state index contributed by atoms with van der Waals surface area (Å²) < 4.78 is 0. The average molecular weight is 349 g/mol. The Balaban J connectivity index is 1.44. The number of carbonyl (C=O) groups is 2. The van der Waals surface area contributed by atoms with Gasteiger partial charge in [0.1, 0.15) is 0 Å². The van der Waals surface area contributed by atoms with Crippen LogP contribution in [0.4, 0.5) is 0 Å². The number of hydrazone groups is 1. The smallest absolute Gasteiger partial charge is 0.246 e. The summed E-state index contributed by atoms with van der Waals surface area (Å²) in [6, 6.07) is 0. The summed E-state index contributed by atoms with van der Waals surface area (Å²) in [6.45, 7) is 0. The van der Waals surface area contributed by atoms with Crippen LogP contribution in [0.5, 0.6) is 0 Å². The largest absolute Gasteiger partial charge is 0.289 e. The van der Waals surface area contributed by atoms with E-state index in [0.29, 0.717) is 31.6 Å². The summed E-state index contributed by atoms with van der Waals surface area (Å²) in [7, 11) is 0. The second-order valence-corrected chi connectivity index (χ2v) is 8.08. The number of rotatable bonds is 4. The molecule has 3 rings (SSSR count). The molecule has 0 aliphatic heterocycles. The SMILES string of the molecule is O=C(NO)C1CCC(C(=O)N/N=C/C2CCCC3CCCCC23)CC1. The molecular formula is C19H31N3O3. The Morgan fingerprint density at radius 1 is 0.840 bits per heavy atom. The normalized spacial score (nSPS) is 35.8. The third-order valence-corrected chi connectivity index (χ3v) is 6.65. The summed E-state index contributed by atoms with van der Waals surface area (Å²) in [6.07, 6.45) is 13.9. The highest BCUT2D eigenvalue weighted by Gasteiger charge is 2.34. The second kappa shape index (κ2) is 8.79. The first-order chi connectivity index (χ1) is 12.2. The summed E-state index contributed by atoms with van der Waals surface area (Å²) in [5.74, 6) is 1.52. The van der Waals surface area contributed by atoms with Gasteiger partial charge in [0, 0.05) is 18.1 Å². The molecule has 3 atom stereocenters. The van der Waals surface area contributed by atoms with Crippen molar-refractivity contribution in [3.63, 3.8) is 0 Å². The molecule has 0 aromatic heterocycles. The van der Waals surface area contributed by atoms with Gasteiger partial charge in [-0.15, -0.1) is 0 Å². The van der Waals surface area contributed by atoms with Crippen LogP contribution in [0.25, 0.3) is 0 Å². The van der Waals surface area contributed by atoms with E-state index in [2.05, 4.69) is 10.5 Å². The van der Waals surface area contributed by atoms with Crippen LogP contribution in [0.3, 0.4) is 0 Å². The number of hydrogen-bond donors (Lipinski definition) is 3. The molecule has 6 heteroatoms. The molecule has 0 heterocycles. The van der Waals surface area contributed by atoms with Gasteiger partial charge >= 0.3 is 0 Å². The molecule has 2 amide bonds. The van der Waals surface area contributed by atoms with Crippen molar-refractivity contribution >= 4 is 18.0 Å². The minimum atomic E-state index is -0.337. The lowest BCUT2D eigenvalue weighted by molar-refractivity contribution is -0.136. The van der Waals surface area contributed by atoms with Gasteiger partial charge in [0.25, 0.3) is 0 Å². The van der Waals surface area contributed by atoms with Gasteiger partial charge in [-0.05, 0) is 56.3 Å². The van der Waals surface area contributed by atoms with Crippen LogP contribution in [-0.2, 0) is 9.59 Å². The van der Waals surface area contributed by atoms with Gasteiger partial charge in [-0.3, -0.25) is 14.8 Å². The fourth-order valence-corrected chi connectivity index (χ4v) is 5.17. The Kier molecular flexibility index (Phi) is 6.45. The first-order valence-corrected chi connectivity index (χ1v) is 9.96. The number of carbonyl (C=O) groups excluding carboxylic acids is 2. The van der Waals surface area contributed by atoms with E-state index in [0.717, 1.165) is 11.8 Å². The highest BCUT2D eigenvalue weighted by molar-refractivity contribution is 5.81. The van der Waals surface area contributed by atoms with Gasteiger partial charge in [-0.25, -0.2) is 10.9 Å². The zero-order chi connectivity index (χ0) is 17.6. The number of nitrogens with one attached hydrogen (secondary N) is 2. The molecule has 6 nitrogen and oxygen atoms in total. The molecule has 3 unspecified atom stereocenters. The number of hydroxylamine groups is 1. The van der Waals surface area contributed by atoms with Crippen LogP contribution in [-0.4, -0.2) is 23.2 Å². The molecule has 3 N–H and O–H groups in total. The maximum atomic E-state index is 12.3. The minimum Gasteiger partial charge on any atom is -0.289 e. The van der Waals surface area contributed by atoms with Crippen molar-refractivity contribution in [2.45, 2.75) is 70.6 Å². The molecule has 3 saturated carbocycles. The van der Waals surface area contributed by atoms with Crippen molar-refractivity contribution in [2.75, 3.05) is 0 Å². The van der Waals surface area contributed by atoms with E-state index >= 15 is 0 Å². The Labute approximate surface area is 149 Å². The lowest BCUT2D eigenvalue weighted by Gasteiger charge is -2.39. The number of amides is 2. The predicted molar refractivity (Wildman–Crippen MR) is 94.8 cm³/mol. The molecule has 0 radical (unpaired) electrons. The summed E-state index contributed by atoms with van der Waals surface area (Å²) in [5.41, 5.74) is 4.44. The standard InChI is InChI=1S/C19H31N3O3/c23-18(14-8-10-15(11-9-14)19(24)22-25)21-20-12-16-6-3-5-13-4-1-2-7-17(13)16/h12-17,25H,1-11H2,(H,21,23)(H,22,24)/b20-12+. The molecule has 0 aromatic carbocycles. The van der Waals surface area contributed by atoms with Crippen LogP contribution in [0, 0.1) is 29.6 Å². The zero-order valence-electron chi connectivity index (χ0n) is 15.0. The van der Waals surface area contributed by atoms with Crippen molar-refractivity contribution in [3.8, 4) is 0 Å². The van der Waals surface area contributed by atoms with Gasteiger partial charge in [0.2, 0.25) is 11.8 Å². The zero-order valence-corrected chi connectivity index (χ0v) is 15.0. The lowest BCUT2D eigenvalue weighted by atomic mass is 9.66. The van der Waals surface area contributed by atoms with Crippen molar-refractivity contribution in [2.24, 2.45) is 34.7 Å². The summed E-state index contributed by atoms with van der Waals surface area (Å²) in [4.78, 5) is 23.7. The molecular weight excluding hydrogens is 318 g/mol. The predicted octanol–water partition coefficient (Wildman–Crippen LogP) is 3.01. The van der Waals surface area contributed by atoms with Crippen molar-refractivity contribution in [1.29, 1.82) is 0 Å². The van der Waals surface area contributed by atoms with E-state index in [1.165, 1.54) is 44.9 Å². The van der Waals surface area contributed by atoms with Crippen molar-refractivity contribution < 1.29 is 14.8 Å². The topological polar surface area (TPSA) is 90.8 Å². The van der Waals surface area contributed by atoms with Crippen LogP contribution < -0.4 is 10.9 Å². The van der Waals surface area contributed by atoms with Gasteiger partial charge in [0.05, 0.1) is 0 Å². The van der Waals surface area contributed by atoms with E-state index in [1.54, 1.807) is 5.48 Å². The second-order valence-electron chi connectivity index (χ2n) is 8.08. The molecule has 0 saturated heterocycles. The third kappa shape index (κ3) is 4.60. The molecule has 3 fully saturated rings. The molecule has 25 heavy (non-hydrogen) atoms. The van der Waals surface area contributed by atoms with Crippen LogP contribution >= 0.6 is 0 Å². The van der Waals surface area contributed by atoms with Gasteiger partial charge < -0.3 is 0 Å². The summed E-state index contributed by atoms with van der Waals surface area (Å²) >= 11 is 0. The van der Waals surface area contributed by atoms with E-state index < -0.39 is 0 Å². The van der Waals surface area contributed by atoms with Gasteiger partial charge in [-0.2, -0.15) is 5.10 Å². The first-order valence-electron chi connectivity index (χ1n) is 9.96. The maximum absolute atomic E-state index is 12.3. The molecule has 0 bridgehead atoms. The number of hydrogen-bond acceptors (Lipinski definition) is 4. The fraction of sp³-hybridized carbons (Fsp3) is 0.842. The van der Waals surface area contributed by atoms with Gasteiger partial charge in [-0.1, -0.05) is 32.1 Å². The Morgan fingerprint density at radius 2 is 1.48 bits per heavy atom. The van der Waals surface area contributed by atoms with E-state index in [-0.39, 0.29) is 23.7 Å². The Hall–Kier alpha value is -1.43. The van der Waals surface area contributed by atoms with Crippen LogP contribution in [0.1, 0.15) is 70.6 Å². The molecule has 0 aromatic rings. The molecule has 0 spiro atoms. The third-order valence-electron chi connectivity index (χ3n) is 6.65. The molecule has 3 aliphatic carbocycles. The first kappa shape index (κ1) is 18.4. The van der Waals surface area contributed by atoms with Crippen molar-refractivity contribution in [1.82, 2.24) is 10.9 Å². The van der Waals surface area contributed by atoms with Crippen molar-refractivity contribution in [3.05, 3.63) is 0 Å².